The molecule has 0 aromatic carbocycles. The van der Waals surface area contributed by atoms with E-state index in [-0.39, 0.29) is 12.5 Å². The number of nitrogens with one attached hydrogen (secondary N) is 2. The van der Waals surface area contributed by atoms with Gasteiger partial charge in [-0.15, -0.1) is 16.4 Å². The molecule has 2 N–H and O–H groups in total. The molecule has 1 atom stereocenters. The molecular weight excluding hydrogens is 454 g/mol. The van der Waals surface area contributed by atoms with Crippen LogP contribution in [-0.2, 0) is 9.53 Å². The number of allylic oxidation sites excluding steroid dienone is 1. The summed E-state index contributed by atoms with van der Waals surface area (Å²) in [4.78, 5) is 29.1. The van der Waals surface area contributed by atoms with Crippen LogP contribution in [0.15, 0.2) is 16.7 Å². The zero-order chi connectivity index (χ0) is 22.3. The van der Waals surface area contributed by atoms with Crippen molar-refractivity contribution < 1.29 is 14.3 Å². The second-order valence-corrected chi connectivity index (χ2v) is 9.70. The molecule has 0 saturated heterocycles. The maximum absolute atomic E-state index is 13.6. The number of thiocarbonyl (C=S) groups is 1. The van der Waals surface area contributed by atoms with E-state index in [2.05, 4.69) is 20.2 Å². The number of nitrogens with zero attached hydrogens (tertiary/aromatic N) is 3. The summed E-state index contributed by atoms with van der Waals surface area (Å²) in [6.45, 7) is 7.71. The van der Waals surface area contributed by atoms with E-state index in [4.69, 9.17) is 17.0 Å². The fraction of sp³-hybridized carbons (Fsp3) is 0.450. The molecule has 0 radical (unpaired) electrons. The Kier molecular flexibility index (Phi) is 6.09. The van der Waals surface area contributed by atoms with E-state index < -0.39 is 12.0 Å². The van der Waals surface area contributed by atoms with E-state index in [1.165, 1.54) is 22.9 Å². The Morgan fingerprint density at radius 1 is 1.35 bits per heavy atom. The molecule has 2 aliphatic rings. The quantitative estimate of drug-likeness (QED) is 0.480. The molecule has 0 bridgehead atoms. The minimum Gasteiger partial charge on any atom is -0.462 e. The summed E-state index contributed by atoms with van der Waals surface area (Å²) in [5.41, 5.74) is 3.17. The number of aryl methyl sites for hydroxylation is 1. The summed E-state index contributed by atoms with van der Waals surface area (Å²) in [6, 6.07) is -0.201. The lowest BCUT2D eigenvalue weighted by Crippen LogP contribution is -2.49. The van der Waals surface area contributed by atoms with Crippen LogP contribution in [-0.4, -0.2) is 44.1 Å². The molecule has 11 heteroatoms. The largest absolute Gasteiger partial charge is 0.462 e. The number of hydrogen-bond acceptors (Lipinski definition) is 8. The molecule has 31 heavy (non-hydrogen) atoms. The van der Waals surface area contributed by atoms with Gasteiger partial charge in [0.05, 0.1) is 17.7 Å². The van der Waals surface area contributed by atoms with Gasteiger partial charge in [-0.3, -0.25) is 4.79 Å². The standard InChI is InChI=1S/C20H23N5O3S3/c1-5-28-19(27)14-9(2)11(4)31-18(14)22-17(26)15-10(3)25(12-6-7-12)20(29)21-16(15)13-8-30-24-23-13/h8,12,16H,5-7H2,1-4H3,(H,21,29)(H,22,26). The first kappa shape index (κ1) is 21.8. The maximum atomic E-state index is 13.6. The van der Waals surface area contributed by atoms with Crippen molar-refractivity contribution in [2.24, 2.45) is 0 Å². The zero-order valence-electron chi connectivity index (χ0n) is 17.6. The zero-order valence-corrected chi connectivity index (χ0v) is 20.1. The van der Waals surface area contributed by atoms with Crippen molar-refractivity contribution in [1.82, 2.24) is 19.8 Å². The van der Waals surface area contributed by atoms with Crippen LogP contribution in [0.2, 0.25) is 0 Å². The maximum Gasteiger partial charge on any atom is 0.341 e. The van der Waals surface area contributed by atoms with Gasteiger partial charge in [0.2, 0.25) is 0 Å². The Morgan fingerprint density at radius 3 is 2.71 bits per heavy atom. The second-order valence-electron chi connectivity index (χ2n) is 7.47. The van der Waals surface area contributed by atoms with Crippen LogP contribution in [0.5, 0.6) is 0 Å². The highest BCUT2D eigenvalue weighted by atomic mass is 32.1. The first-order valence-corrected chi connectivity index (χ1v) is 12.1. The lowest BCUT2D eigenvalue weighted by Gasteiger charge is -2.37. The van der Waals surface area contributed by atoms with Gasteiger partial charge >= 0.3 is 5.97 Å². The monoisotopic (exact) mass is 477 g/mol. The topological polar surface area (TPSA) is 96.5 Å². The average Bonchev–Trinajstić information content (AvgIpc) is 3.30. The number of aromatic nitrogens is 2. The summed E-state index contributed by atoms with van der Waals surface area (Å²) >= 11 is 8.18. The highest BCUT2D eigenvalue weighted by Gasteiger charge is 2.41. The van der Waals surface area contributed by atoms with Gasteiger partial charge in [0.25, 0.3) is 5.91 Å². The SMILES string of the molecule is CCOC(=O)c1c(NC(=O)C2=C(C)N(C3CC3)C(=S)NC2c2csnn2)sc(C)c1C. The summed E-state index contributed by atoms with van der Waals surface area (Å²) in [6.07, 6.45) is 2.07. The lowest BCUT2D eigenvalue weighted by atomic mass is 9.98. The third kappa shape index (κ3) is 4.09. The Balaban J connectivity index is 1.72. The molecule has 8 nitrogen and oxygen atoms in total. The third-order valence-electron chi connectivity index (χ3n) is 5.45. The number of hydrogen-bond donors (Lipinski definition) is 2. The van der Waals surface area contributed by atoms with Gasteiger partial charge in [-0.2, -0.15) is 0 Å². The highest BCUT2D eigenvalue weighted by Crippen LogP contribution is 2.39. The molecule has 1 unspecified atom stereocenters. The van der Waals surface area contributed by atoms with E-state index in [1.54, 1.807) is 12.3 Å². The fourth-order valence-corrected chi connectivity index (χ4v) is 5.61. The Hall–Kier alpha value is -2.37. The van der Waals surface area contributed by atoms with Gasteiger partial charge < -0.3 is 20.3 Å². The van der Waals surface area contributed by atoms with Crippen LogP contribution >= 0.6 is 35.1 Å². The lowest BCUT2D eigenvalue weighted by molar-refractivity contribution is -0.113. The Bertz CT molecular complexity index is 1070. The van der Waals surface area contributed by atoms with E-state index in [1.807, 2.05) is 25.7 Å². The van der Waals surface area contributed by atoms with Crippen LogP contribution in [0.4, 0.5) is 5.00 Å². The predicted octanol–water partition coefficient (Wildman–Crippen LogP) is 3.70. The summed E-state index contributed by atoms with van der Waals surface area (Å²) in [5.74, 6) is -0.740. The minimum atomic E-state index is -0.505. The summed E-state index contributed by atoms with van der Waals surface area (Å²) in [7, 11) is 0. The molecule has 164 valence electrons. The third-order valence-corrected chi connectivity index (χ3v) is 7.41. The van der Waals surface area contributed by atoms with Crippen molar-refractivity contribution in [3.63, 3.8) is 0 Å². The van der Waals surface area contributed by atoms with E-state index in [0.29, 0.717) is 33.0 Å². The molecule has 1 aliphatic heterocycles. The van der Waals surface area contributed by atoms with Crippen molar-refractivity contribution in [2.75, 3.05) is 11.9 Å². The number of anilines is 1. The van der Waals surface area contributed by atoms with Crippen LogP contribution in [0.1, 0.15) is 59.2 Å². The molecule has 2 aromatic heterocycles. The predicted molar refractivity (Wildman–Crippen MR) is 124 cm³/mol. The van der Waals surface area contributed by atoms with E-state index >= 15 is 0 Å². The molecule has 1 aliphatic carbocycles. The molecule has 1 amide bonds. The smallest absolute Gasteiger partial charge is 0.341 e. The molecule has 1 saturated carbocycles. The molecule has 1 fully saturated rings. The van der Waals surface area contributed by atoms with Crippen molar-refractivity contribution in [1.29, 1.82) is 0 Å². The number of carbonyl (C=O) groups excluding carboxylic acids is 2. The molecule has 0 spiro atoms. The van der Waals surface area contributed by atoms with Crippen LogP contribution in [0.3, 0.4) is 0 Å². The van der Waals surface area contributed by atoms with Crippen molar-refractivity contribution in [3.8, 4) is 0 Å². The number of thiophene rings is 1. The van der Waals surface area contributed by atoms with Gasteiger partial charge in [-0.05, 0) is 69.9 Å². The first-order valence-electron chi connectivity index (χ1n) is 9.99. The van der Waals surface area contributed by atoms with Gasteiger partial charge in [-0.1, -0.05) is 4.49 Å². The fourth-order valence-electron chi connectivity index (χ4n) is 3.68. The number of rotatable bonds is 6. The van der Waals surface area contributed by atoms with Gasteiger partial charge in [-0.25, -0.2) is 4.79 Å². The van der Waals surface area contributed by atoms with Crippen molar-refractivity contribution in [2.45, 2.75) is 52.6 Å². The van der Waals surface area contributed by atoms with Crippen molar-refractivity contribution >= 4 is 57.1 Å². The van der Waals surface area contributed by atoms with Gasteiger partial charge in [0, 0.05) is 22.0 Å². The van der Waals surface area contributed by atoms with E-state index in [0.717, 1.165) is 29.0 Å². The summed E-state index contributed by atoms with van der Waals surface area (Å²) < 4.78 is 9.16. The van der Waals surface area contributed by atoms with Gasteiger partial charge in [0.15, 0.2) is 5.11 Å². The second kappa shape index (κ2) is 8.64. The number of esters is 1. The molecule has 4 rings (SSSR count). The van der Waals surface area contributed by atoms with Crippen LogP contribution in [0, 0.1) is 13.8 Å². The highest BCUT2D eigenvalue weighted by molar-refractivity contribution is 7.80. The number of ether oxygens (including phenoxy) is 1. The molecule has 2 aromatic rings. The molecule has 3 heterocycles. The Labute approximate surface area is 193 Å². The Morgan fingerprint density at radius 2 is 2.10 bits per heavy atom. The average molecular weight is 478 g/mol. The number of carbonyl (C=O) groups is 2. The van der Waals surface area contributed by atoms with Crippen LogP contribution < -0.4 is 10.6 Å². The van der Waals surface area contributed by atoms with Crippen molar-refractivity contribution in [3.05, 3.63) is 38.3 Å². The first-order chi connectivity index (χ1) is 14.8. The van der Waals surface area contributed by atoms with E-state index in [9.17, 15) is 9.59 Å². The van der Waals surface area contributed by atoms with Gasteiger partial charge in [0.1, 0.15) is 16.7 Å². The number of amides is 1. The summed E-state index contributed by atoms with van der Waals surface area (Å²) in [5, 5.41) is 13.3. The molecular formula is C20H23N5O3S3. The van der Waals surface area contributed by atoms with Crippen LogP contribution in [0.25, 0.3) is 0 Å². The normalized spacial score (nSPS) is 18.8. The minimum absolute atomic E-state index is 0.265.